The Morgan fingerprint density at radius 1 is 0.818 bits per heavy atom. The first kappa shape index (κ1) is 45.8. The second-order valence-corrected chi connectivity index (χ2v) is 16.1. The summed E-state index contributed by atoms with van der Waals surface area (Å²) in [6, 6.07) is 16.2. The van der Waals surface area contributed by atoms with Crippen molar-refractivity contribution in [2.24, 2.45) is 0 Å². The Balaban J connectivity index is 0.618. The molecule has 66 heavy (non-hydrogen) atoms. The number of unbranched alkanes of at least 4 members (excludes halogenated alkanes) is 1. The molecule has 0 saturated carbocycles. The number of hydrogen-bond acceptors (Lipinski definition) is 16. The first-order valence-electron chi connectivity index (χ1n) is 22.4. The first-order valence-corrected chi connectivity index (χ1v) is 22.4. The van der Waals surface area contributed by atoms with E-state index >= 15 is 0 Å². The molecule has 2 saturated heterocycles. The Morgan fingerprint density at radius 3 is 2.38 bits per heavy atom. The highest BCUT2D eigenvalue weighted by Gasteiger charge is 2.45. The number of aromatic nitrogens is 4. The first-order chi connectivity index (χ1) is 32.3. The van der Waals surface area contributed by atoms with Gasteiger partial charge in [0.1, 0.15) is 18.1 Å². The number of imide groups is 2. The van der Waals surface area contributed by atoms with Crippen molar-refractivity contribution in [1.82, 2.24) is 40.0 Å². The van der Waals surface area contributed by atoms with E-state index in [-0.39, 0.29) is 36.3 Å². The zero-order valence-corrected chi connectivity index (χ0v) is 36.7. The van der Waals surface area contributed by atoms with Gasteiger partial charge in [0.2, 0.25) is 23.7 Å². The third-order valence-corrected chi connectivity index (χ3v) is 11.7. The number of benzene rings is 2. The number of carbonyl (C=O) groups excluding carboxylic acids is 5. The van der Waals surface area contributed by atoms with Crippen molar-refractivity contribution < 1.29 is 42.6 Å². The lowest BCUT2D eigenvalue weighted by Crippen LogP contribution is -2.54. The Bertz CT molecular complexity index is 2450. The fourth-order valence-electron chi connectivity index (χ4n) is 8.22. The number of piperidine rings is 1. The van der Waals surface area contributed by atoms with E-state index in [2.05, 4.69) is 70.5 Å². The summed E-state index contributed by atoms with van der Waals surface area (Å²) in [5.41, 5.74) is 4.73. The minimum atomic E-state index is -1.02. The monoisotopic (exact) mass is 905 g/mol. The van der Waals surface area contributed by atoms with Gasteiger partial charge in [0.25, 0.3) is 11.8 Å². The summed E-state index contributed by atoms with van der Waals surface area (Å²) in [6.45, 7) is 8.45. The van der Waals surface area contributed by atoms with Gasteiger partial charge in [0.15, 0.2) is 5.65 Å². The van der Waals surface area contributed by atoms with Crippen molar-refractivity contribution in [2.75, 3.05) is 101 Å². The van der Waals surface area contributed by atoms with Gasteiger partial charge in [-0.2, -0.15) is 0 Å². The van der Waals surface area contributed by atoms with Gasteiger partial charge >= 0.3 is 0 Å². The molecule has 1 atom stereocenters. The van der Waals surface area contributed by atoms with Gasteiger partial charge in [0.05, 0.1) is 63.6 Å². The van der Waals surface area contributed by atoms with Crippen LogP contribution in [0.15, 0.2) is 77.8 Å². The fourth-order valence-corrected chi connectivity index (χ4v) is 8.22. The lowest BCUT2D eigenvalue weighted by atomic mass is 10.0. The third kappa shape index (κ3) is 11.4. The maximum absolute atomic E-state index is 13.2. The summed E-state index contributed by atoms with van der Waals surface area (Å²) >= 11 is 0. The highest BCUT2D eigenvalue weighted by atomic mass is 16.5. The smallest absolute Gasteiger partial charge is 0.264 e. The van der Waals surface area contributed by atoms with Crippen LogP contribution in [0.1, 0.15) is 58.6 Å². The van der Waals surface area contributed by atoms with Crippen LogP contribution in [0.25, 0.3) is 16.8 Å². The van der Waals surface area contributed by atoms with E-state index in [1.54, 1.807) is 30.8 Å². The molecule has 2 fully saturated rings. The van der Waals surface area contributed by atoms with E-state index in [1.807, 2.05) is 22.7 Å². The Hall–Kier alpha value is -6.74. The maximum atomic E-state index is 13.2. The Kier molecular flexibility index (Phi) is 15.6. The number of rotatable bonds is 24. The molecule has 2 aromatic carbocycles. The molecular formula is C46H55N11O9. The van der Waals surface area contributed by atoms with Crippen LogP contribution in [-0.4, -0.2) is 150 Å². The lowest BCUT2D eigenvalue weighted by Gasteiger charge is -2.36. The molecule has 5 aromatic rings. The molecule has 348 valence electrons. The van der Waals surface area contributed by atoms with Gasteiger partial charge in [-0.1, -0.05) is 18.2 Å². The van der Waals surface area contributed by atoms with Gasteiger partial charge < -0.3 is 39.5 Å². The number of anilines is 3. The molecule has 0 bridgehead atoms. The molecule has 20 nitrogen and oxygen atoms in total. The summed E-state index contributed by atoms with van der Waals surface area (Å²) in [4.78, 5) is 72.9. The summed E-state index contributed by atoms with van der Waals surface area (Å²) in [5.74, 6) is -0.764. The lowest BCUT2D eigenvalue weighted by molar-refractivity contribution is -0.136. The van der Waals surface area contributed by atoms with Crippen molar-refractivity contribution in [3.8, 4) is 11.1 Å². The number of nitrogens with zero attached hydrogens (tertiary/aromatic N) is 7. The second kappa shape index (κ2) is 22.4. The molecule has 5 amide bonds. The van der Waals surface area contributed by atoms with Gasteiger partial charge in [0, 0.05) is 75.2 Å². The highest BCUT2D eigenvalue weighted by Crippen LogP contribution is 2.32. The minimum absolute atomic E-state index is 0.0297. The van der Waals surface area contributed by atoms with Crippen molar-refractivity contribution in [3.63, 3.8) is 0 Å². The normalized spacial score (nSPS) is 16.5. The van der Waals surface area contributed by atoms with Crippen LogP contribution in [0.3, 0.4) is 0 Å². The van der Waals surface area contributed by atoms with Crippen molar-refractivity contribution >= 4 is 52.5 Å². The number of hydrogen-bond donors (Lipinski definition) is 4. The number of ether oxygens (including phenoxy) is 3. The summed E-state index contributed by atoms with van der Waals surface area (Å²) in [5, 5.41) is 20.1. The minimum Gasteiger partial charge on any atom is -0.467 e. The topological polar surface area (TPSA) is 227 Å². The molecule has 1 unspecified atom stereocenters. The van der Waals surface area contributed by atoms with Crippen molar-refractivity contribution in [1.29, 1.82) is 0 Å². The van der Waals surface area contributed by atoms with Gasteiger partial charge in [-0.25, -0.2) is 4.98 Å². The highest BCUT2D eigenvalue weighted by molar-refractivity contribution is 6.25. The molecular weight excluding hydrogens is 851 g/mol. The van der Waals surface area contributed by atoms with E-state index in [1.165, 1.54) is 5.69 Å². The summed E-state index contributed by atoms with van der Waals surface area (Å²) < 4.78 is 24.0. The molecule has 3 aromatic heterocycles. The molecule has 4 N–H and O–H groups in total. The van der Waals surface area contributed by atoms with Gasteiger partial charge in [-0.05, 0) is 67.8 Å². The summed E-state index contributed by atoms with van der Waals surface area (Å²) in [7, 11) is 0. The molecule has 20 heteroatoms. The number of carbonyl (C=O) groups is 5. The standard InChI is InChI=1S/C46H55N11O9/c58-39(14-23-63-25-27-65-28-26-64-24-16-47-37-7-3-6-35-41(37)45(62)57(44(35)61)38-12-13-40(59)52-43(38)60)48-15-1-2-17-54-18-20-55(21-19-54)33-10-8-32(9-11-33)36-30-50-46(56-31-51-53-42(36)56)49-29-34-5-4-22-66-34/h3-11,22,30-31,38,47H,1-2,12-21,23-29H2,(H,48,58)(H,49,50)(H,52,59,60). The van der Waals surface area contributed by atoms with Crippen LogP contribution >= 0.6 is 0 Å². The molecule has 3 aliphatic heterocycles. The SMILES string of the molecule is O=C(CCOCCOCCOCCNc1cccc2c1C(=O)N(C1CCC(=O)NC1=O)C2=O)NCCCCN1CCN(c2ccc(-c3cnc(NCc4ccco4)n4cnnc34)cc2)CC1. The predicted molar refractivity (Wildman–Crippen MR) is 242 cm³/mol. The third-order valence-electron chi connectivity index (χ3n) is 11.7. The second-order valence-electron chi connectivity index (χ2n) is 16.1. The van der Waals surface area contributed by atoms with Crippen LogP contribution in [0, 0.1) is 0 Å². The van der Waals surface area contributed by atoms with Crippen molar-refractivity contribution in [2.45, 2.75) is 44.7 Å². The van der Waals surface area contributed by atoms with Crippen LogP contribution in [0.5, 0.6) is 0 Å². The number of nitrogens with one attached hydrogen (secondary N) is 4. The number of amides is 5. The van der Waals surface area contributed by atoms with Crippen LogP contribution in [0.4, 0.5) is 17.3 Å². The zero-order valence-electron chi connectivity index (χ0n) is 36.7. The average molecular weight is 906 g/mol. The predicted octanol–water partition coefficient (Wildman–Crippen LogP) is 2.97. The fraction of sp³-hybridized carbons (Fsp3) is 0.435. The maximum Gasteiger partial charge on any atom is 0.264 e. The number of fused-ring (bicyclic) bond motifs is 2. The zero-order chi connectivity index (χ0) is 45.7. The molecule has 0 spiro atoms. The molecule has 0 aliphatic carbocycles. The molecule has 3 aliphatic rings. The van der Waals surface area contributed by atoms with E-state index in [4.69, 9.17) is 18.6 Å². The summed E-state index contributed by atoms with van der Waals surface area (Å²) in [6.07, 6.45) is 7.50. The Morgan fingerprint density at radius 2 is 1.61 bits per heavy atom. The van der Waals surface area contributed by atoms with Gasteiger partial charge in [-0.3, -0.25) is 43.5 Å². The van der Waals surface area contributed by atoms with Crippen molar-refractivity contribution in [3.05, 3.63) is 90.3 Å². The number of furan rings is 1. The number of piperazine rings is 1. The van der Waals surface area contributed by atoms with Crippen LogP contribution in [-0.2, 0) is 35.1 Å². The van der Waals surface area contributed by atoms with E-state index < -0.39 is 29.7 Å². The Labute approximate surface area is 381 Å². The van der Waals surface area contributed by atoms with E-state index in [0.29, 0.717) is 70.9 Å². The molecule has 8 rings (SSSR count). The largest absolute Gasteiger partial charge is 0.467 e. The van der Waals surface area contributed by atoms with E-state index in [0.717, 1.165) is 73.0 Å². The van der Waals surface area contributed by atoms with E-state index in [9.17, 15) is 24.0 Å². The quantitative estimate of drug-likeness (QED) is 0.0516. The average Bonchev–Trinajstić information content (AvgIpc) is 4.10. The molecule has 6 heterocycles. The van der Waals surface area contributed by atoms with Gasteiger partial charge in [-0.15, -0.1) is 10.2 Å². The molecule has 0 radical (unpaired) electrons. The van der Waals surface area contributed by atoms with Crippen LogP contribution < -0.4 is 26.2 Å². The van der Waals surface area contributed by atoms with Crippen LogP contribution in [0.2, 0.25) is 0 Å².